The zero-order chi connectivity index (χ0) is 18.8. The van der Waals surface area contributed by atoms with Crippen LogP contribution < -0.4 is 10.0 Å². The molecule has 140 valence electrons. The van der Waals surface area contributed by atoms with Crippen LogP contribution in [0.3, 0.4) is 0 Å². The van der Waals surface area contributed by atoms with Gasteiger partial charge in [-0.1, -0.05) is 11.6 Å². The molecule has 3 N–H and O–H groups in total. The van der Waals surface area contributed by atoms with Gasteiger partial charge in [-0.2, -0.15) is 0 Å². The molecule has 2 heterocycles. The lowest BCUT2D eigenvalue weighted by molar-refractivity contribution is 0.101. The van der Waals surface area contributed by atoms with E-state index in [0.29, 0.717) is 17.3 Å². The molecule has 0 saturated heterocycles. The number of rotatable bonds is 6. The smallest absolute Gasteiger partial charge is 0.273 e. The summed E-state index contributed by atoms with van der Waals surface area (Å²) in [6.07, 6.45) is 1.68. The number of nitrogens with zero attached hydrogens (tertiary/aromatic N) is 1. The Kier molecular flexibility index (Phi) is 5.86. The molecule has 0 spiro atoms. The fourth-order valence-corrected chi connectivity index (χ4v) is 4.12. The summed E-state index contributed by atoms with van der Waals surface area (Å²) in [6.45, 7) is 2.46. The lowest BCUT2D eigenvalue weighted by Gasteiger charge is -2.10. The van der Waals surface area contributed by atoms with Crippen molar-refractivity contribution in [1.29, 1.82) is 0 Å². The third-order valence-corrected chi connectivity index (χ3v) is 5.73. The Labute approximate surface area is 158 Å². The van der Waals surface area contributed by atoms with E-state index in [-0.39, 0.29) is 18.3 Å². The molecule has 1 aliphatic rings. The van der Waals surface area contributed by atoms with Crippen LogP contribution in [-0.2, 0) is 13.0 Å². The van der Waals surface area contributed by atoms with E-state index in [9.17, 15) is 13.6 Å². The number of halogens is 3. The molecule has 0 saturated carbocycles. The highest BCUT2D eigenvalue weighted by Gasteiger charge is 2.29. The van der Waals surface area contributed by atoms with Crippen LogP contribution >= 0.6 is 23.5 Å². The largest absolute Gasteiger partial charge is 0.395 e. The number of fused-ring (bicyclic) bond motifs is 1. The minimum Gasteiger partial charge on any atom is -0.395 e. The Morgan fingerprint density at radius 2 is 2.19 bits per heavy atom. The van der Waals surface area contributed by atoms with E-state index in [1.807, 2.05) is 11.5 Å². The molecular formula is C17H18ClF2N3O2S. The molecule has 3 rings (SSSR count). The summed E-state index contributed by atoms with van der Waals surface area (Å²) >= 11 is 7.73. The third-order valence-electron chi connectivity index (χ3n) is 4.09. The molecule has 2 aromatic rings. The number of nitrogens with one attached hydrogen (secondary N) is 2. The first-order valence-corrected chi connectivity index (χ1v) is 9.32. The van der Waals surface area contributed by atoms with E-state index in [1.54, 1.807) is 0 Å². The van der Waals surface area contributed by atoms with Crippen LogP contribution in [-0.4, -0.2) is 28.2 Å². The minimum absolute atomic E-state index is 0.0237. The summed E-state index contributed by atoms with van der Waals surface area (Å²) in [5.74, 6) is -2.49. The van der Waals surface area contributed by atoms with E-state index in [2.05, 4.69) is 10.0 Å². The van der Waals surface area contributed by atoms with Crippen molar-refractivity contribution in [2.45, 2.75) is 37.2 Å². The number of amides is 1. The molecule has 26 heavy (non-hydrogen) atoms. The van der Waals surface area contributed by atoms with Crippen LogP contribution in [0.1, 0.15) is 29.5 Å². The van der Waals surface area contributed by atoms with Gasteiger partial charge >= 0.3 is 0 Å². The van der Waals surface area contributed by atoms with Crippen LogP contribution in [0.5, 0.6) is 0 Å². The Morgan fingerprint density at radius 3 is 2.88 bits per heavy atom. The molecule has 5 nitrogen and oxygen atoms in total. The summed E-state index contributed by atoms with van der Waals surface area (Å²) in [7, 11) is 0. The van der Waals surface area contributed by atoms with Crippen LogP contribution in [0.2, 0.25) is 5.02 Å². The highest BCUT2D eigenvalue weighted by Crippen LogP contribution is 2.39. The zero-order valence-corrected chi connectivity index (χ0v) is 15.6. The number of aromatic nitrogens is 1. The van der Waals surface area contributed by atoms with Crippen LogP contribution in [0.15, 0.2) is 23.1 Å². The van der Waals surface area contributed by atoms with Gasteiger partial charge in [0.1, 0.15) is 5.69 Å². The Hall–Kier alpha value is -1.61. The monoisotopic (exact) mass is 401 g/mol. The molecule has 1 aromatic carbocycles. The molecular weight excluding hydrogens is 384 g/mol. The summed E-state index contributed by atoms with van der Waals surface area (Å²) < 4.78 is 31.3. The summed E-state index contributed by atoms with van der Waals surface area (Å²) in [5.41, 5.74) is 1.40. The van der Waals surface area contributed by atoms with E-state index >= 15 is 0 Å². The maximum absolute atomic E-state index is 13.4. The third kappa shape index (κ3) is 3.73. The predicted molar refractivity (Wildman–Crippen MR) is 97.6 cm³/mol. The van der Waals surface area contributed by atoms with Gasteiger partial charge in [0.15, 0.2) is 11.6 Å². The van der Waals surface area contributed by atoms with Gasteiger partial charge in [-0.15, -0.1) is 0 Å². The minimum atomic E-state index is -1.03. The molecule has 0 aliphatic carbocycles. The van der Waals surface area contributed by atoms with Gasteiger partial charge in [0, 0.05) is 30.0 Å². The van der Waals surface area contributed by atoms with Crippen molar-refractivity contribution in [2.24, 2.45) is 0 Å². The molecule has 1 amide bonds. The fraction of sp³-hybridized carbons (Fsp3) is 0.353. The molecule has 1 aliphatic heterocycles. The van der Waals surface area contributed by atoms with Gasteiger partial charge in [-0.05, 0) is 43.8 Å². The van der Waals surface area contributed by atoms with Gasteiger partial charge in [0.25, 0.3) is 5.91 Å². The molecule has 1 aromatic heterocycles. The normalized spacial score (nSPS) is 14.3. The van der Waals surface area contributed by atoms with Crippen molar-refractivity contribution >= 4 is 35.1 Å². The molecule has 1 atom stereocenters. The van der Waals surface area contributed by atoms with Gasteiger partial charge in [-0.3, -0.25) is 9.52 Å². The molecule has 0 fully saturated rings. The number of carbonyl (C=O) groups excluding carboxylic acids is 1. The molecule has 1 unspecified atom stereocenters. The number of aliphatic hydroxyl groups is 1. The van der Waals surface area contributed by atoms with E-state index in [4.69, 9.17) is 16.7 Å². The highest BCUT2D eigenvalue weighted by molar-refractivity contribution is 7.97. The van der Waals surface area contributed by atoms with Crippen LogP contribution in [0, 0.1) is 11.6 Å². The number of carbonyl (C=O) groups is 1. The lowest BCUT2D eigenvalue weighted by atomic mass is 10.2. The number of aliphatic hydroxyl groups excluding tert-OH is 1. The first-order valence-electron chi connectivity index (χ1n) is 8.12. The number of benzene rings is 1. The second kappa shape index (κ2) is 7.96. The van der Waals surface area contributed by atoms with Crippen molar-refractivity contribution in [1.82, 2.24) is 9.29 Å². The topological polar surface area (TPSA) is 66.3 Å². The van der Waals surface area contributed by atoms with Gasteiger partial charge in [-0.25, -0.2) is 8.78 Å². The van der Waals surface area contributed by atoms with E-state index in [0.717, 1.165) is 35.6 Å². The fourth-order valence-electron chi connectivity index (χ4n) is 2.80. The lowest BCUT2D eigenvalue weighted by Crippen LogP contribution is -2.22. The Balaban J connectivity index is 1.87. The van der Waals surface area contributed by atoms with Gasteiger partial charge in [0.2, 0.25) is 0 Å². The quantitative estimate of drug-likeness (QED) is 0.647. The molecule has 0 radical (unpaired) electrons. The van der Waals surface area contributed by atoms with E-state index in [1.165, 1.54) is 18.0 Å². The van der Waals surface area contributed by atoms with Crippen molar-refractivity contribution in [3.05, 3.63) is 46.2 Å². The first-order chi connectivity index (χ1) is 12.4. The van der Waals surface area contributed by atoms with Crippen molar-refractivity contribution in [2.75, 3.05) is 11.9 Å². The first kappa shape index (κ1) is 19.2. The number of hydrogen-bond donors (Lipinski definition) is 3. The second-order valence-corrected chi connectivity index (χ2v) is 7.31. The summed E-state index contributed by atoms with van der Waals surface area (Å²) in [5, 5.41) is 12.0. The van der Waals surface area contributed by atoms with Crippen LogP contribution in [0.4, 0.5) is 14.5 Å². The average molecular weight is 402 g/mol. The maximum atomic E-state index is 13.4. The van der Waals surface area contributed by atoms with Crippen molar-refractivity contribution in [3.63, 3.8) is 0 Å². The summed E-state index contributed by atoms with van der Waals surface area (Å²) in [6, 6.07) is 3.04. The Bertz CT molecular complexity index is 844. The predicted octanol–water partition coefficient (Wildman–Crippen LogP) is 3.60. The summed E-state index contributed by atoms with van der Waals surface area (Å²) in [4.78, 5) is 13.4. The number of anilines is 1. The van der Waals surface area contributed by atoms with Gasteiger partial charge < -0.3 is 15.0 Å². The molecule has 0 bridgehead atoms. The average Bonchev–Trinajstić information content (AvgIpc) is 3.16. The maximum Gasteiger partial charge on any atom is 0.273 e. The van der Waals surface area contributed by atoms with Crippen LogP contribution in [0.25, 0.3) is 0 Å². The van der Waals surface area contributed by atoms with Gasteiger partial charge in [0.05, 0.1) is 16.5 Å². The standard InChI is InChI=1S/C17H18ClF2N3O2S/c1-9(8-24)22-26-16-13-3-2-6-23(13)15(14(16)18)17(25)21-10-4-5-11(19)12(20)7-10/h4-5,7,9,22,24H,2-3,6,8H2,1H3,(H,21,25). The zero-order valence-electron chi connectivity index (χ0n) is 14.0. The molecule has 9 heteroatoms. The van der Waals surface area contributed by atoms with E-state index < -0.39 is 17.5 Å². The highest BCUT2D eigenvalue weighted by atomic mass is 35.5. The Morgan fingerprint density at radius 1 is 1.42 bits per heavy atom. The second-order valence-electron chi connectivity index (χ2n) is 6.08. The SMILES string of the molecule is CC(CO)NSc1c(Cl)c(C(=O)Nc2ccc(F)c(F)c2)n2c1CCC2. The number of hydrogen-bond acceptors (Lipinski definition) is 4. The van der Waals surface area contributed by atoms with Crippen molar-refractivity contribution < 1.29 is 18.7 Å². The van der Waals surface area contributed by atoms with Crippen molar-refractivity contribution in [3.8, 4) is 0 Å².